The number of hydrogen-bond acceptors (Lipinski definition) is 4. The summed E-state index contributed by atoms with van der Waals surface area (Å²) >= 11 is 0. The maximum atomic E-state index is 12.3. The molecule has 0 saturated carbocycles. The summed E-state index contributed by atoms with van der Waals surface area (Å²) in [5, 5.41) is 3.19. The van der Waals surface area contributed by atoms with Crippen molar-refractivity contribution in [3.05, 3.63) is 29.8 Å². The third kappa shape index (κ3) is 5.27. The molecule has 1 amide bonds. The van der Waals surface area contributed by atoms with E-state index in [9.17, 15) is 9.59 Å². The molecule has 0 spiro atoms. The van der Waals surface area contributed by atoms with Crippen LogP contribution in [-0.2, 0) is 9.53 Å². The third-order valence-electron chi connectivity index (χ3n) is 4.04. The lowest BCUT2D eigenvalue weighted by Crippen LogP contribution is -2.33. The van der Waals surface area contributed by atoms with Gasteiger partial charge in [-0.1, -0.05) is 25.0 Å². The molecule has 1 aliphatic rings. The van der Waals surface area contributed by atoms with E-state index >= 15 is 0 Å². The van der Waals surface area contributed by atoms with Crippen LogP contribution in [-0.4, -0.2) is 43.0 Å². The molecule has 5 heteroatoms. The third-order valence-corrected chi connectivity index (χ3v) is 4.04. The molecule has 1 aliphatic heterocycles. The summed E-state index contributed by atoms with van der Waals surface area (Å²) in [5.41, 5.74) is 1.23. The molecular weight excluding hydrogens is 292 g/mol. The minimum absolute atomic E-state index is 0.188. The fraction of sp³-hybridized carbons (Fsp3) is 0.556. The van der Waals surface area contributed by atoms with Crippen LogP contribution in [0, 0.1) is 0 Å². The van der Waals surface area contributed by atoms with Gasteiger partial charge in [0.15, 0.2) is 0 Å². The Bertz CT molecular complexity index is 523. The molecule has 0 aromatic heterocycles. The Morgan fingerprint density at radius 3 is 2.52 bits per heavy atom. The Kier molecular flexibility index (Phi) is 6.91. The SMILES string of the molecule is CCOC(=O)c1ccccc1NCCC(=O)N1CCCCCC1. The van der Waals surface area contributed by atoms with E-state index in [1.54, 1.807) is 19.1 Å². The van der Waals surface area contributed by atoms with E-state index in [0.717, 1.165) is 31.6 Å². The second kappa shape index (κ2) is 9.18. The molecule has 1 heterocycles. The number of benzene rings is 1. The number of amides is 1. The quantitative estimate of drug-likeness (QED) is 0.819. The number of para-hydroxylation sites is 1. The Labute approximate surface area is 138 Å². The highest BCUT2D eigenvalue weighted by Gasteiger charge is 2.16. The molecule has 5 nitrogen and oxygen atoms in total. The molecule has 0 bridgehead atoms. The topological polar surface area (TPSA) is 58.6 Å². The lowest BCUT2D eigenvalue weighted by atomic mass is 10.1. The summed E-state index contributed by atoms with van der Waals surface area (Å²) < 4.78 is 5.05. The van der Waals surface area contributed by atoms with E-state index in [4.69, 9.17) is 4.74 Å². The number of nitrogens with zero attached hydrogens (tertiary/aromatic N) is 1. The largest absolute Gasteiger partial charge is 0.462 e. The second-order valence-electron chi connectivity index (χ2n) is 5.74. The Morgan fingerprint density at radius 2 is 1.83 bits per heavy atom. The predicted octanol–water partition coefficient (Wildman–Crippen LogP) is 3.07. The van der Waals surface area contributed by atoms with Crippen LogP contribution >= 0.6 is 0 Å². The van der Waals surface area contributed by atoms with Gasteiger partial charge in [-0.2, -0.15) is 0 Å². The molecule has 0 atom stereocenters. The molecule has 0 radical (unpaired) electrons. The van der Waals surface area contributed by atoms with Crippen molar-refractivity contribution < 1.29 is 14.3 Å². The fourth-order valence-corrected chi connectivity index (χ4v) is 2.81. The molecule has 0 aliphatic carbocycles. The summed E-state index contributed by atoms with van der Waals surface area (Å²) in [6.45, 7) is 4.40. The summed E-state index contributed by atoms with van der Waals surface area (Å²) in [6, 6.07) is 7.24. The normalized spacial score (nSPS) is 14.9. The smallest absolute Gasteiger partial charge is 0.340 e. The number of hydrogen-bond donors (Lipinski definition) is 1. The van der Waals surface area contributed by atoms with Gasteiger partial charge in [-0.25, -0.2) is 4.79 Å². The molecule has 1 aromatic rings. The summed E-state index contributed by atoms with van der Waals surface area (Å²) in [6.07, 6.45) is 5.08. The Morgan fingerprint density at radius 1 is 1.13 bits per heavy atom. The standard InChI is InChI=1S/C18H26N2O3/c1-2-23-18(22)15-9-5-6-10-16(15)19-12-11-17(21)20-13-7-3-4-8-14-20/h5-6,9-10,19H,2-4,7-8,11-14H2,1H3. The number of rotatable bonds is 6. The Hall–Kier alpha value is -2.04. The van der Waals surface area contributed by atoms with E-state index < -0.39 is 0 Å². The maximum absolute atomic E-state index is 12.3. The van der Waals surface area contributed by atoms with E-state index in [2.05, 4.69) is 5.32 Å². The molecule has 1 N–H and O–H groups in total. The first kappa shape index (κ1) is 17.3. The van der Waals surface area contributed by atoms with Crippen LogP contribution in [0.1, 0.15) is 49.4 Å². The van der Waals surface area contributed by atoms with Gasteiger partial charge in [0.05, 0.1) is 12.2 Å². The van der Waals surface area contributed by atoms with Gasteiger partial charge in [0.2, 0.25) is 5.91 Å². The zero-order valence-corrected chi connectivity index (χ0v) is 13.8. The first-order chi connectivity index (χ1) is 11.2. The van der Waals surface area contributed by atoms with Gasteiger partial charge >= 0.3 is 5.97 Å². The molecule has 1 saturated heterocycles. The predicted molar refractivity (Wildman–Crippen MR) is 90.6 cm³/mol. The van der Waals surface area contributed by atoms with Crippen LogP contribution in [0.15, 0.2) is 24.3 Å². The summed E-state index contributed by atoms with van der Waals surface area (Å²) in [5.74, 6) is -0.150. The van der Waals surface area contributed by atoms with Crippen LogP contribution in [0.4, 0.5) is 5.69 Å². The highest BCUT2D eigenvalue weighted by molar-refractivity contribution is 5.95. The monoisotopic (exact) mass is 318 g/mol. The zero-order chi connectivity index (χ0) is 16.5. The van der Waals surface area contributed by atoms with Crippen LogP contribution in [0.2, 0.25) is 0 Å². The minimum Gasteiger partial charge on any atom is -0.462 e. The van der Waals surface area contributed by atoms with E-state index in [1.807, 2.05) is 17.0 Å². The molecule has 1 fully saturated rings. The van der Waals surface area contributed by atoms with Crippen molar-refractivity contribution in [3.63, 3.8) is 0 Å². The van der Waals surface area contributed by atoms with Crippen molar-refractivity contribution in [1.29, 1.82) is 0 Å². The molecule has 0 unspecified atom stereocenters. The van der Waals surface area contributed by atoms with Crippen molar-refractivity contribution in [2.75, 3.05) is 31.6 Å². The van der Waals surface area contributed by atoms with E-state index in [-0.39, 0.29) is 11.9 Å². The van der Waals surface area contributed by atoms with Crippen LogP contribution in [0.25, 0.3) is 0 Å². The van der Waals surface area contributed by atoms with Crippen molar-refractivity contribution in [1.82, 2.24) is 4.90 Å². The van der Waals surface area contributed by atoms with Gasteiger partial charge in [0.1, 0.15) is 0 Å². The fourth-order valence-electron chi connectivity index (χ4n) is 2.81. The number of carbonyl (C=O) groups excluding carboxylic acids is 2. The molecule has 1 aromatic carbocycles. The van der Waals surface area contributed by atoms with Crippen LogP contribution in [0.3, 0.4) is 0 Å². The van der Waals surface area contributed by atoms with E-state index in [0.29, 0.717) is 25.1 Å². The number of ether oxygens (including phenoxy) is 1. The van der Waals surface area contributed by atoms with Crippen molar-refractivity contribution in [2.45, 2.75) is 39.0 Å². The summed E-state index contributed by atoms with van der Waals surface area (Å²) in [4.78, 5) is 26.1. The van der Waals surface area contributed by atoms with Crippen LogP contribution in [0.5, 0.6) is 0 Å². The molecular formula is C18H26N2O3. The van der Waals surface area contributed by atoms with Gasteiger partial charge in [0.25, 0.3) is 0 Å². The van der Waals surface area contributed by atoms with Gasteiger partial charge in [0, 0.05) is 31.7 Å². The van der Waals surface area contributed by atoms with Crippen LogP contribution < -0.4 is 5.32 Å². The van der Waals surface area contributed by atoms with Gasteiger partial charge < -0.3 is 15.0 Å². The number of anilines is 1. The van der Waals surface area contributed by atoms with Gasteiger partial charge in [-0.3, -0.25) is 4.79 Å². The average Bonchev–Trinajstić information content (AvgIpc) is 2.85. The van der Waals surface area contributed by atoms with E-state index in [1.165, 1.54) is 12.8 Å². The summed E-state index contributed by atoms with van der Waals surface area (Å²) in [7, 11) is 0. The lowest BCUT2D eigenvalue weighted by Gasteiger charge is -2.20. The maximum Gasteiger partial charge on any atom is 0.340 e. The highest BCUT2D eigenvalue weighted by Crippen LogP contribution is 2.16. The molecule has 23 heavy (non-hydrogen) atoms. The first-order valence-electron chi connectivity index (χ1n) is 8.50. The van der Waals surface area contributed by atoms with Crippen molar-refractivity contribution >= 4 is 17.6 Å². The minimum atomic E-state index is -0.338. The lowest BCUT2D eigenvalue weighted by molar-refractivity contribution is -0.130. The first-order valence-corrected chi connectivity index (χ1v) is 8.50. The molecule has 126 valence electrons. The molecule has 2 rings (SSSR count). The highest BCUT2D eigenvalue weighted by atomic mass is 16.5. The van der Waals surface area contributed by atoms with Crippen molar-refractivity contribution in [3.8, 4) is 0 Å². The zero-order valence-electron chi connectivity index (χ0n) is 13.8. The number of likely N-dealkylation sites (tertiary alicyclic amines) is 1. The second-order valence-corrected chi connectivity index (χ2v) is 5.74. The van der Waals surface area contributed by atoms with Gasteiger partial charge in [-0.05, 0) is 31.9 Å². The van der Waals surface area contributed by atoms with Crippen molar-refractivity contribution in [2.24, 2.45) is 0 Å². The number of esters is 1. The Balaban J connectivity index is 1.86. The average molecular weight is 318 g/mol. The van der Waals surface area contributed by atoms with Gasteiger partial charge in [-0.15, -0.1) is 0 Å². The number of carbonyl (C=O) groups is 2. The number of nitrogens with one attached hydrogen (secondary N) is 1.